The molecule has 3 aromatic carbocycles. The van der Waals surface area contributed by atoms with Gasteiger partial charge in [-0.3, -0.25) is 9.69 Å². The standard InChI is InChI=1S/C28H25Cl2N3O2/c1-14(2)25(32-20-7-5-6-8-21(20)35-4)23-24(31)28(34)33-26-15(3)9-12-19(30)22(26)18-13-16(29)10-11-17(18)27(23)33/h5-14,27H,31H2,1-4H3. The summed E-state index contributed by atoms with van der Waals surface area (Å²) in [5, 5.41) is 1.15. The van der Waals surface area contributed by atoms with Crippen LogP contribution in [0.1, 0.15) is 31.0 Å². The number of hydrogen-bond acceptors (Lipinski definition) is 4. The highest BCUT2D eigenvalue weighted by Gasteiger charge is 2.47. The van der Waals surface area contributed by atoms with Crippen molar-refractivity contribution < 1.29 is 9.53 Å². The van der Waals surface area contributed by atoms with Crippen molar-refractivity contribution in [2.45, 2.75) is 26.8 Å². The Morgan fingerprint density at radius 1 is 1.11 bits per heavy atom. The lowest BCUT2D eigenvalue weighted by Crippen LogP contribution is -2.35. The number of halogens is 2. The molecule has 5 rings (SSSR count). The molecule has 3 aromatic rings. The van der Waals surface area contributed by atoms with Crippen LogP contribution in [0.3, 0.4) is 0 Å². The van der Waals surface area contributed by atoms with Gasteiger partial charge in [-0.2, -0.15) is 0 Å². The molecule has 0 aliphatic carbocycles. The van der Waals surface area contributed by atoms with E-state index >= 15 is 0 Å². The molecule has 5 nitrogen and oxygen atoms in total. The van der Waals surface area contributed by atoms with Crippen molar-refractivity contribution in [3.8, 4) is 16.9 Å². The van der Waals surface area contributed by atoms with E-state index < -0.39 is 6.04 Å². The van der Waals surface area contributed by atoms with Crippen molar-refractivity contribution >= 4 is 46.2 Å². The van der Waals surface area contributed by atoms with Crippen LogP contribution < -0.4 is 15.4 Å². The van der Waals surface area contributed by atoms with Gasteiger partial charge in [0.25, 0.3) is 5.91 Å². The minimum absolute atomic E-state index is 0.0150. The Hall–Kier alpha value is -3.28. The molecule has 0 bridgehead atoms. The first-order valence-corrected chi connectivity index (χ1v) is 12.1. The van der Waals surface area contributed by atoms with Gasteiger partial charge in [0.05, 0.1) is 29.6 Å². The summed E-state index contributed by atoms with van der Waals surface area (Å²) in [7, 11) is 1.61. The van der Waals surface area contributed by atoms with E-state index in [-0.39, 0.29) is 17.5 Å². The predicted molar refractivity (Wildman–Crippen MR) is 143 cm³/mol. The normalized spacial score (nSPS) is 17.0. The Kier molecular flexibility index (Phi) is 5.86. The zero-order valence-corrected chi connectivity index (χ0v) is 21.4. The number of amides is 1. The SMILES string of the molecule is COc1ccccc1N=C(C1=C(N)C(=O)N2c3c(C)ccc(Cl)c3-c3cc(Cl)ccc3C12)C(C)C. The molecule has 2 heterocycles. The second-order valence-electron chi connectivity index (χ2n) is 9.05. The third-order valence-electron chi connectivity index (χ3n) is 6.57. The molecule has 0 radical (unpaired) electrons. The Morgan fingerprint density at radius 3 is 2.57 bits per heavy atom. The zero-order chi connectivity index (χ0) is 25.0. The van der Waals surface area contributed by atoms with Crippen molar-refractivity contribution in [2.24, 2.45) is 16.6 Å². The summed E-state index contributed by atoms with van der Waals surface area (Å²) >= 11 is 13.1. The number of anilines is 1. The van der Waals surface area contributed by atoms with Crippen LogP contribution in [0.2, 0.25) is 10.0 Å². The second kappa shape index (κ2) is 8.74. The summed E-state index contributed by atoms with van der Waals surface area (Å²) < 4.78 is 5.53. The Balaban J connectivity index is 1.80. The molecular weight excluding hydrogens is 481 g/mol. The third-order valence-corrected chi connectivity index (χ3v) is 7.12. The average molecular weight is 506 g/mol. The fourth-order valence-electron chi connectivity index (χ4n) is 5.01. The number of aryl methyl sites for hydroxylation is 1. The first-order chi connectivity index (χ1) is 16.7. The maximum Gasteiger partial charge on any atom is 0.275 e. The maximum absolute atomic E-state index is 13.7. The minimum atomic E-state index is -0.449. The molecule has 35 heavy (non-hydrogen) atoms. The highest BCUT2D eigenvalue weighted by Crippen LogP contribution is 2.55. The van der Waals surface area contributed by atoms with Crippen molar-refractivity contribution in [1.82, 2.24) is 0 Å². The molecule has 2 N–H and O–H groups in total. The summed E-state index contributed by atoms with van der Waals surface area (Å²) in [5.41, 5.74) is 13.2. The molecule has 1 amide bonds. The second-order valence-corrected chi connectivity index (χ2v) is 9.89. The van der Waals surface area contributed by atoms with Gasteiger partial charge in [-0.25, -0.2) is 4.99 Å². The van der Waals surface area contributed by atoms with Crippen molar-refractivity contribution in [1.29, 1.82) is 0 Å². The Bertz CT molecular complexity index is 1440. The smallest absolute Gasteiger partial charge is 0.275 e. The fourth-order valence-corrected chi connectivity index (χ4v) is 5.44. The van der Waals surface area contributed by atoms with Crippen LogP contribution >= 0.6 is 23.2 Å². The molecule has 2 aliphatic rings. The van der Waals surface area contributed by atoms with E-state index in [0.717, 1.165) is 33.7 Å². The lowest BCUT2D eigenvalue weighted by atomic mass is 9.82. The number of nitrogens with zero attached hydrogens (tertiary/aromatic N) is 2. The number of para-hydroxylation sites is 2. The van der Waals surface area contributed by atoms with E-state index in [0.29, 0.717) is 27.1 Å². The predicted octanol–water partition coefficient (Wildman–Crippen LogP) is 7.02. The summed E-state index contributed by atoms with van der Waals surface area (Å²) in [6.07, 6.45) is 0. The lowest BCUT2D eigenvalue weighted by molar-refractivity contribution is -0.114. The molecule has 178 valence electrons. The number of nitrogens with two attached hydrogens (primary N) is 1. The van der Waals surface area contributed by atoms with Crippen LogP contribution in [0.4, 0.5) is 11.4 Å². The summed E-state index contributed by atoms with van der Waals surface area (Å²) in [5.74, 6) is 0.374. The molecule has 1 unspecified atom stereocenters. The minimum Gasteiger partial charge on any atom is -0.494 e. The summed E-state index contributed by atoms with van der Waals surface area (Å²) in [4.78, 5) is 20.5. The van der Waals surface area contributed by atoms with Crippen LogP contribution in [0, 0.1) is 12.8 Å². The van der Waals surface area contributed by atoms with E-state index in [1.54, 1.807) is 12.0 Å². The van der Waals surface area contributed by atoms with Gasteiger partial charge in [0.15, 0.2) is 0 Å². The molecule has 0 saturated carbocycles. The number of carbonyl (C=O) groups excluding carboxylic acids is 1. The Labute approximate surface area is 214 Å². The summed E-state index contributed by atoms with van der Waals surface area (Å²) in [6, 6.07) is 16.6. The zero-order valence-electron chi connectivity index (χ0n) is 19.9. The van der Waals surface area contributed by atoms with Gasteiger partial charge in [0.2, 0.25) is 0 Å². The van der Waals surface area contributed by atoms with Crippen molar-refractivity contribution in [3.05, 3.63) is 87.0 Å². The third kappa shape index (κ3) is 3.62. The van der Waals surface area contributed by atoms with Gasteiger partial charge in [0, 0.05) is 16.2 Å². The van der Waals surface area contributed by atoms with E-state index in [1.165, 1.54) is 0 Å². The quantitative estimate of drug-likeness (QED) is 0.387. The van der Waals surface area contributed by atoms with E-state index in [9.17, 15) is 4.79 Å². The lowest BCUT2D eigenvalue weighted by Gasteiger charge is -2.37. The molecule has 7 heteroatoms. The van der Waals surface area contributed by atoms with E-state index in [1.807, 2.05) is 75.4 Å². The van der Waals surface area contributed by atoms with Gasteiger partial charge in [-0.1, -0.05) is 61.3 Å². The average Bonchev–Trinajstić information content (AvgIpc) is 3.09. The highest BCUT2D eigenvalue weighted by molar-refractivity contribution is 6.36. The fraction of sp³-hybridized carbons (Fsp3) is 0.214. The van der Waals surface area contributed by atoms with Crippen LogP contribution in [0.25, 0.3) is 11.1 Å². The molecule has 0 aromatic heterocycles. The topological polar surface area (TPSA) is 67.9 Å². The number of aliphatic imine (C=N–C) groups is 1. The van der Waals surface area contributed by atoms with Gasteiger partial charge in [-0.15, -0.1) is 0 Å². The first-order valence-electron chi connectivity index (χ1n) is 11.4. The number of hydrogen-bond donors (Lipinski definition) is 1. The van der Waals surface area contributed by atoms with Gasteiger partial charge in [-0.05, 0) is 59.9 Å². The number of carbonyl (C=O) groups is 1. The van der Waals surface area contributed by atoms with Crippen molar-refractivity contribution in [3.63, 3.8) is 0 Å². The summed E-state index contributed by atoms with van der Waals surface area (Å²) in [6.45, 7) is 6.06. The maximum atomic E-state index is 13.7. The molecule has 1 atom stereocenters. The molecule has 0 fully saturated rings. The number of fused-ring (bicyclic) bond motifs is 6. The van der Waals surface area contributed by atoms with E-state index in [2.05, 4.69) is 0 Å². The largest absolute Gasteiger partial charge is 0.494 e. The number of rotatable bonds is 4. The number of methoxy groups -OCH3 is 1. The number of ether oxygens (including phenoxy) is 1. The first kappa shape index (κ1) is 23.5. The van der Waals surface area contributed by atoms with Crippen molar-refractivity contribution in [2.75, 3.05) is 12.0 Å². The molecule has 0 saturated heterocycles. The van der Waals surface area contributed by atoms with Gasteiger partial charge < -0.3 is 10.5 Å². The van der Waals surface area contributed by atoms with E-state index in [4.69, 9.17) is 38.7 Å². The van der Waals surface area contributed by atoms with Gasteiger partial charge >= 0.3 is 0 Å². The van der Waals surface area contributed by atoms with Crippen LogP contribution in [-0.2, 0) is 4.79 Å². The van der Waals surface area contributed by atoms with Gasteiger partial charge in [0.1, 0.15) is 17.1 Å². The Morgan fingerprint density at radius 2 is 1.86 bits per heavy atom. The van der Waals surface area contributed by atoms with Crippen LogP contribution in [0.5, 0.6) is 5.75 Å². The molecule has 0 spiro atoms. The molecule has 2 aliphatic heterocycles. The number of benzene rings is 3. The van der Waals surface area contributed by atoms with Crippen LogP contribution in [-0.4, -0.2) is 18.7 Å². The van der Waals surface area contributed by atoms with Crippen LogP contribution in [0.15, 0.2) is 70.9 Å². The molecular formula is C28H25Cl2N3O2. The highest BCUT2D eigenvalue weighted by atomic mass is 35.5. The monoisotopic (exact) mass is 505 g/mol.